The molecular weight excluding hydrogens is 376 g/mol. The van der Waals surface area contributed by atoms with Gasteiger partial charge in [-0.25, -0.2) is 4.79 Å². The van der Waals surface area contributed by atoms with Crippen LogP contribution in [0.5, 0.6) is 0 Å². The molecule has 28 heavy (non-hydrogen) atoms. The van der Waals surface area contributed by atoms with Crippen molar-refractivity contribution < 1.29 is 9.21 Å². The van der Waals surface area contributed by atoms with E-state index in [1.54, 1.807) is 36.2 Å². The van der Waals surface area contributed by atoms with Gasteiger partial charge in [0.2, 0.25) is 0 Å². The molecule has 2 aromatic heterocycles. The predicted octanol–water partition coefficient (Wildman–Crippen LogP) is 5.01. The summed E-state index contributed by atoms with van der Waals surface area (Å²) in [5.74, 6) is -0.216. The highest BCUT2D eigenvalue weighted by atomic mass is 35.5. The molecule has 0 saturated heterocycles. The SMILES string of the molecule is CCn1c(C(=O)N(C)c2cc(Cl)ccc2C)cc2c(=O)oc3ccccc3c21. The van der Waals surface area contributed by atoms with Crippen molar-refractivity contribution in [3.8, 4) is 0 Å². The fraction of sp³-hybridized carbons (Fsp3) is 0.182. The minimum atomic E-state index is -0.448. The molecule has 2 aromatic carbocycles. The number of fused-ring (bicyclic) bond motifs is 3. The van der Waals surface area contributed by atoms with Crippen LogP contribution in [0.3, 0.4) is 0 Å². The quantitative estimate of drug-likeness (QED) is 0.459. The van der Waals surface area contributed by atoms with E-state index in [0.717, 1.165) is 16.6 Å². The minimum absolute atomic E-state index is 0.216. The largest absolute Gasteiger partial charge is 0.422 e. The Morgan fingerprint density at radius 2 is 1.89 bits per heavy atom. The number of carbonyl (C=O) groups is 1. The van der Waals surface area contributed by atoms with Gasteiger partial charge in [0.25, 0.3) is 5.91 Å². The molecule has 0 radical (unpaired) electrons. The number of hydrogen-bond acceptors (Lipinski definition) is 3. The standard InChI is InChI=1S/C22H19ClN2O3/c1-4-25-18(21(26)24(3)17-11-14(23)10-9-13(17)2)12-16-20(25)15-7-5-6-8-19(15)28-22(16)27/h5-12H,4H2,1-3H3. The molecule has 0 spiro atoms. The Kier molecular flexibility index (Phi) is 4.47. The van der Waals surface area contributed by atoms with Crippen LogP contribution in [0, 0.1) is 6.92 Å². The zero-order valence-electron chi connectivity index (χ0n) is 15.8. The van der Waals surface area contributed by atoms with Crippen LogP contribution in [0.25, 0.3) is 21.9 Å². The van der Waals surface area contributed by atoms with Crippen LogP contribution in [0.15, 0.2) is 57.7 Å². The summed E-state index contributed by atoms with van der Waals surface area (Å²) in [4.78, 5) is 27.4. The van der Waals surface area contributed by atoms with E-state index in [4.69, 9.17) is 16.0 Å². The second kappa shape index (κ2) is 6.84. The Balaban J connectivity index is 1.95. The van der Waals surface area contributed by atoms with Crippen molar-refractivity contribution in [2.45, 2.75) is 20.4 Å². The number of benzene rings is 2. The minimum Gasteiger partial charge on any atom is -0.422 e. The Hall–Kier alpha value is -3.05. The molecule has 0 aliphatic rings. The molecule has 0 unspecified atom stereocenters. The highest BCUT2D eigenvalue weighted by Crippen LogP contribution is 2.29. The molecule has 0 N–H and O–H groups in total. The van der Waals surface area contributed by atoms with E-state index in [9.17, 15) is 9.59 Å². The molecule has 0 saturated carbocycles. The topological polar surface area (TPSA) is 55.5 Å². The number of amides is 1. The zero-order valence-corrected chi connectivity index (χ0v) is 16.6. The summed E-state index contributed by atoms with van der Waals surface area (Å²) in [6, 6.07) is 14.4. The number of nitrogens with zero attached hydrogens (tertiary/aromatic N) is 2. The lowest BCUT2D eigenvalue weighted by Crippen LogP contribution is -2.29. The summed E-state index contributed by atoms with van der Waals surface area (Å²) in [5, 5.41) is 1.77. The van der Waals surface area contributed by atoms with Gasteiger partial charge in [0.05, 0.1) is 10.9 Å². The monoisotopic (exact) mass is 394 g/mol. The summed E-state index contributed by atoms with van der Waals surface area (Å²) in [7, 11) is 1.71. The number of carbonyl (C=O) groups excluding carboxylic acids is 1. The van der Waals surface area contributed by atoms with Crippen molar-refractivity contribution in [1.82, 2.24) is 4.57 Å². The smallest absolute Gasteiger partial charge is 0.345 e. The Bertz CT molecular complexity index is 1290. The van der Waals surface area contributed by atoms with Gasteiger partial charge < -0.3 is 13.9 Å². The normalized spacial score (nSPS) is 11.3. The third-order valence-electron chi connectivity index (χ3n) is 5.03. The van der Waals surface area contributed by atoms with Crippen LogP contribution < -0.4 is 10.5 Å². The number of hydrogen-bond donors (Lipinski definition) is 0. The van der Waals surface area contributed by atoms with E-state index in [0.29, 0.717) is 33.7 Å². The number of aryl methyl sites for hydroxylation is 2. The van der Waals surface area contributed by atoms with Crippen molar-refractivity contribution in [3.05, 3.63) is 75.2 Å². The van der Waals surface area contributed by atoms with E-state index in [-0.39, 0.29) is 5.91 Å². The number of rotatable bonds is 3. The van der Waals surface area contributed by atoms with E-state index in [1.807, 2.05) is 42.7 Å². The Labute approximate surface area is 166 Å². The number of anilines is 1. The molecule has 0 atom stereocenters. The van der Waals surface area contributed by atoms with Gasteiger partial charge in [-0.3, -0.25) is 4.79 Å². The molecular formula is C22H19ClN2O3. The summed E-state index contributed by atoms with van der Waals surface area (Å²) in [6.45, 7) is 4.41. The van der Waals surface area contributed by atoms with E-state index < -0.39 is 5.63 Å². The maximum absolute atomic E-state index is 13.3. The van der Waals surface area contributed by atoms with Crippen molar-refractivity contribution >= 4 is 45.1 Å². The molecule has 0 aliphatic heterocycles. The third kappa shape index (κ3) is 2.79. The first kappa shape index (κ1) is 18.3. The first-order valence-corrected chi connectivity index (χ1v) is 9.39. The summed E-state index contributed by atoms with van der Waals surface area (Å²) >= 11 is 6.12. The lowest BCUT2D eigenvalue weighted by molar-refractivity contribution is 0.0984. The highest BCUT2D eigenvalue weighted by molar-refractivity contribution is 6.31. The lowest BCUT2D eigenvalue weighted by atomic mass is 10.1. The highest BCUT2D eigenvalue weighted by Gasteiger charge is 2.23. The average Bonchev–Trinajstić information content (AvgIpc) is 3.09. The maximum atomic E-state index is 13.3. The van der Waals surface area contributed by atoms with Crippen LogP contribution in [0.1, 0.15) is 23.0 Å². The van der Waals surface area contributed by atoms with Crippen molar-refractivity contribution in [2.75, 3.05) is 11.9 Å². The average molecular weight is 395 g/mol. The number of halogens is 1. The molecule has 0 aliphatic carbocycles. The first-order valence-electron chi connectivity index (χ1n) is 9.01. The number of aromatic nitrogens is 1. The second-order valence-corrected chi connectivity index (χ2v) is 7.15. The Morgan fingerprint density at radius 3 is 2.64 bits per heavy atom. The summed E-state index contributed by atoms with van der Waals surface area (Å²) in [5.41, 5.74) is 2.87. The van der Waals surface area contributed by atoms with Crippen molar-refractivity contribution in [1.29, 1.82) is 0 Å². The fourth-order valence-electron chi connectivity index (χ4n) is 3.63. The molecule has 1 amide bonds. The van der Waals surface area contributed by atoms with Gasteiger partial charge in [-0.1, -0.05) is 29.8 Å². The molecule has 0 bridgehead atoms. The molecule has 6 heteroatoms. The molecule has 0 fully saturated rings. The number of para-hydroxylation sites is 1. The fourth-order valence-corrected chi connectivity index (χ4v) is 3.80. The van der Waals surface area contributed by atoms with Gasteiger partial charge in [-0.15, -0.1) is 0 Å². The van der Waals surface area contributed by atoms with E-state index in [2.05, 4.69) is 0 Å². The van der Waals surface area contributed by atoms with Crippen LogP contribution in [0.2, 0.25) is 5.02 Å². The van der Waals surface area contributed by atoms with E-state index >= 15 is 0 Å². The van der Waals surface area contributed by atoms with Gasteiger partial charge in [0, 0.05) is 29.7 Å². The zero-order chi connectivity index (χ0) is 20.0. The van der Waals surface area contributed by atoms with Crippen LogP contribution in [0.4, 0.5) is 5.69 Å². The van der Waals surface area contributed by atoms with Gasteiger partial charge in [-0.05, 0) is 49.7 Å². The second-order valence-electron chi connectivity index (χ2n) is 6.72. The van der Waals surface area contributed by atoms with Gasteiger partial charge >= 0.3 is 5.63 Å². The van der Waals surface area contributed by atoms with Crippen LogP contribution in [-0.2, 0) is 6.54 Å². The molecule has 5 nitrogen and oxygen atoms in total. The lowest BCUT2D eigenvalue weighted by Gasteiger charge is -2.20. The maximum Gasteiger partial charge on any atom is 0.345 e. The molecule has 142 valence electrons. The van der Waals surface area contributed by atoms with Crippen LogP contribution >= 0.6 is 11.6 Å². The third-order valence-corrected chi connectivity index (χ3v) is 5.27. The van der Waals surface area contributed by atoms with Crippen LogP contribution in [-0.4, -0.2) is 17.5 Å². The van der Waals surface area contributed by atoms with Crippen molar-refractivity contribution in [3.63, 3.8) is 0 Å². The predicted molar refractivity (Wildman–Crippen MR) is 113 cm³/mol. The summed E-state index contributed by atoms with van der Waals surface area (Å²) < 4.78 is 7.30. The Morgan fingerprint density at radius 1 is 1.14 bits per heavy atom. The first-order chi connectivity index (χ1) is 13.4. The molecule has 2 heterocycles. The van der Waals surface area contributed by atoms with Gasteiger partial charge in [0.15, 0.2) is 0 Å². The molecule has 4 aromatic rings. The van der Waals surface area contributed by atoms with Gasteiger partial charge in [-0.2, -0.15) is 0 Å². The van der Waals surface area contributed by atoms with Gasteiger partial charge in [0.1, 0.15) is 11.3 Å². The summed E-state index contributed by atoms with van der Waals surface area (Å²) in [6.07, 6.45) is 0. The molecule has 4 rings (SSSR count). The van der Waals surface area contributed by atoms with E-state index in [1.165, 1.54) is 0 Å². The van der Waals surface area contributed by atoms with Crippen molar-refractivity contribution in [2.24, 2.45) is 0 Å².